The standard InChI is InChI=1S/C16H10N4S/c1-10-3-2-4-14-15(10)19-16(21)20(14)13-6-5-11(8-17)12(7-13)9-18/h2-7H,1H3,(H,19,21). The molecule has 3 rings (SSSR count). The molecule has 100 valence electrons. The van der Waals surface area contributed by atoms with Crippen molar-refractivity contribution in [2.75, 3.05) is 0 Å². The van der Waals surface area contributed by atoms with Crippen molar-refractivity contribution in [2.24, 2.45) is 0 Å². The van der Waals surface area contributed by atoms with Gasteiger partial charge in [0.15, 0.2) is 4.77 Å². The van der Waals surface area contributed by atoms with Gasteiger partial charge >= 0.3 is 0 Å². The molecule has 0 atom stereocenters. The molecule has 0 aliphatic rings. The average Bonchev–Trinajstić information content (AvgIpc) is 2.84. The number of benzene rings is 2. The summed E-state index contributed by atoms with van der Waals surface area (Å²) < 4.78 is 2.44. The lowest BCUT2D eigenvalue weighted by atomic mass is 10.1. The fourth-order valence-electron chi connectivity index (χ4n) is 2.39. The van der Waals surface area contributed by atoms with Crippen LogP contribution >= 0.6 is 12.2 Å². The number of aryl methyl sites for hydroxylation is 1. The van der Waals surface area contributed by atoms with E-state index in [4.69, 9.17) is 22.7 Å². The number of para-hydroxylation sites is 1. The maximum Gasteiger partial charge on any atom is 0.182 e. The van der Waals surface area contributed by atoms with Crippen molar-refractivity contribution in [3.05, 3.63) is 57.9 Å². The third-order valence-electron chi connectivity index (χ3n) is 3.43. The Labute approximate surface area is 126 Å². The topological polar surface area (TPSA) is 68.3 Å². The van der Waals surface area contributed by atoms with Crippen LogP contribution in [0.25, 0.3) is 16.7 Å². The lowest BCUT2D eigenvalue weighted by Crippen LogP contribution is -1.96. The quantitative estimate of drug-likeness (QED) is 0.694. The second kappa shape index (κ2) is 4.90. The summed E-state index contributed by atoms with van der Waals surface area (Å²) in [6, 6.07) is 15.1. The smallest absolute Gasteiger partial charge is 0.182 e. The number of aromatic nitrogens is 2. The van der Waals surface area contributed by atoms with Crippen LogP contribution in [-0.4, -0.2) is 9.55 Å². The summed E-state index contributed by atoms with van der Waals surface area (Å²) in [6.45, 7) is 2.01. The van der Waals surface area contributed by atoms with Crippen LogP contribution in [-0.2, 0) is 0 Å². The maximum absolute atomic E-state index is 9.15. The van der Waals surface area contributed by atoms with Crippen LogP contribution in [0.4, 0.5) is 0 Å². The van der Waals surface area contributed by atoms with E-state index in [0.29, 0.717) is 15.9 Å². The van der Waals surface area contributed by atoms with Gasteiger partial charge in [0.2, 0.25) is 0 Å². The Morgan fingerprint density at radius 2 is 1.86 bits per heavy atom. The number of nitrogens with one attached hydrogen (secondary N) is 1. The summed E-state index contributed by atoms with van der Waals surface area (Å²) in [5.74, 6) is 0. The third kappa shape index (κ3) is 2.01. The number of hydrogen-bond acceptors (Lipinski definition) is 3. The first kappa shape index (κ1) is 13.1. The zero-order valence-corrected chi connectivity index (χ0v) is 12.0. The van der Waals surface area contributed by atoms with Crippen molar-refractivity contribution in [2.45, 2.75) is 6.92 Å². The molecule has 0 bridgehead atoms. The number of rotatable bonds is 1. The van der Waals surface area contributed by atoms with Crippen LogP contribution in [0.3, 0.4) is 0 Å². The van der Waals surface area contributed by atoms with Gasteiger partial charge < -0.3 is 4.98 Å². The summed E-state index contributed by atoms with van der Waals surface area (Å²) in [5.41, 5.74) is 4.51. The molecule has 0 aliphatic carbocycles. The maximum atomic E-state index is 9.15. The summed E-state index contributed by atoms with van der Waals surface area (Å²) in [6.07, 6.45) is 0. The van der Waals surface area contributed by atoms with Gasteiger partial charge in [0.25, 0.3) is 0 Å². The normalized spacial score (nSPS) is 10.2. The summed E-state index contributed by atoms with van der Waals surface area (Å²) in [5, 5.41) is 18.2. The van der Waals surface area contributed by atoms with Crippen LogP contribution in [0, 0.1) is 34.4 Å². The SMILES string of the molecule is Cc1cccc2c1[nH]c(=S)n2-c1ccc(C#N)c(C#N)c1. The lowest BCUT2D eigenvalue weighted by molar-refractivity contribution is 1.06. The molecule has 0 saturated carbocycles. The Morgan fingerprint density at radius 1 is 1.10 bits per heavy atom. The molecule has 5 heteroatoms. The van der Waals surface area contributed by atoms with E-state index < -0.39 is 0 Å². The van der Waals surface area contributed by atoms with Crippen molar-refractivity contribution >= 4 is 23.3 Å². The number of hydrogen-bond donors (Lipinski definition) is 1. The van der Waals surface area contributed by atoms with E-state index in [1.54, 1.807) is 18.2 Å². The van der Waals surface area contributed by atoms with Gasteiger partial charge in [-0.25, -0.2) is 0 Å². The Kier molecular flexibility index (Phi) is 3.06. The highest BCUT2D eigenvalue weighted by Gasteiger charge is 2.10. The number of aromatic amines is 1. The molecule has 0 fully saturated rings. The van der Waals surface area contributed by atoms with Gasteiger partial charge in [-0.1, -0.05) is 12.1 Å². The Bertz CT molecular complexity index is 996. The minimum Gasteiger partial charge on any atom is -0.330 e. The highest BCUT2D eigenvalue weighted by Crippen LogP contribution is 2.23. The Balaban J connectivity index is 2.35. The van der Waals surface area contributed by atoms with Crippen molar-refractivity contribution < 1.29 is 0 Å². The number of fused-ring (bicyclic) bond motifs is 1. The van der Waals surface area contributed by atoms with Crippen molar-refractivity contribution in [1.29, 1.82) is 10.5 Å². The molecule has 21 heavy (non-hydrogen) atoms. The molecule has 0 amide bonds. The third-order valence-corrected chi connectivity index (χ3v) is 3.71. The van der Waals surface area contributed by atoms with E-state index >= 15 is 0 Å². The lowest BCUT2D eigenvalue weighted by Gasteiger charge is -2.06. The van der Waals surface area contributed by atoms with Crippen LogP contribution in [0.1, 0.15) is 16.7 Å². The van der Waals surface area contributed by atoms with Crippen molar-refractivity contribution in [3.8, 4) is 17.8 Å². The molecule has 1 N–H and O–H groups in total. The molecule has 0 aliphatic heterocycles. The average molecular weight is 290 g/mol. The molecule has 0 saturated heterocycles. The zero-order chi connectivity index (χ0) is 15.0. The van der Waals surface area contributed by atoms with Crippen LogP contribution in [0.5, 0.6) is 0 Å². The highest BCUT2D eigenvalue weighted by atomic mass is 32.1. The monoisotopic (exact) mass is 290 g/mol. The van der Waals surface area contributed by atoms with E-state index in [1.807, 2.05) is 41.8 Å². The minimum absolute atomic E-state index is 0.346. The molecule has 2 aromatic carbocycles. The fourth-order valence-corrected chi connectivity index (χ4v) is 2.70. The minimum atomic E-state index is 0.346. The van der Waals surface area contributed by atoms with Gasteiger partial charge in [0.1, 0.15) is 12.1 Å². The van der Waals surface area contributed by atoms with Gasteiger partial charge in [-0.05, 0) is 49.0 Å². The number of nitriles is 2. The first-order chi connectivity index (χ1) is 10.2. The highest BCUT2D eigenvalue weighted by molar-refractivity contribution is 7.71. The van der Waals surface area contributed by atoms with E-state index in [9.17, 15) is 0 Å². The van der Waals surface area contributed by atoms with Crippen LogP contribution < -0.4 is 0 Å². The van der Waals surface area contributed by atoms with E-state index in [1.165, 1.54) is 0 Å². The fraction of sp³-hybridized carbons (Fsp3) is 0.0625. The molecule has 0 unspecified atom stereocenters. The molecule has 1 aromatic heterocycles. The largest absolute Gasteiger partial charge is 0.330 e. The van der Waals surface area contributed by atoms with Gasteiger partial charge in [0.05, 0.1) is 22.2 Å². The van der Waals surface area contributed by atoms with E-state index in [-0.39, 0.29) is 0 Å². The first-order valence-electron chi connectivity index (χ1n) is 6.30. The summed E-state index contributed by atoms with van der Waals surface area (Å²) in [7, 11) is 0. The van der Waals surface area contributed by atoms with Crippen LogP contribution in [0.15, 0.2) is 36.4 Å². The van der Waals surface area contributed by atoms with Gasteiger partial charge in [-0.3, -0.25) is 4.57 Å². The second-order valence-corrected chi connectivity index (χ2v) is 5.07. The Hall–Kier alpha value is -2.89. The predicted molar refractivity (Wildman–Crippen MR) is 82.6 cm³/mol. The van der Waals surface area contributed by atoms with E-state index in [2.05, 4.69) is 4.98 Å². The molecule has 4 nitrogen and oxygen atoms in total. The van der Waals surface area contributed by atoms with Gasteiger partial charge in [-0.15, -0.1) is 0 Å². The zero-order valence-electron chi connectivity index (χ0n) is 11.2. The number of H-pyrrole nitrogens is 1. The molecule has 3 aromatic rings. The number of nitrogens with zero attached hydrogens (tertiary/aromatic N) is 3. The van der Waals surface area contributed by atoms with Gasteiger partial charge in [0, 0.05) is 5.69 Å². The summed E-state index contributed by atoms with van der Waals surface area (Å²) >= 11 is 5.39. The van der Waals surface area contributed by atoms with Crippen LogP contribution in [0.2, 0.25) is 0 Å². The molecular weight excluding hydrogens is 280 g/mol. The Morgan fingerprint density at radius 3 is 2.57 bits per heavy atom. The van der Waals surface area contributed by atoms with Gasteiger partial charge in [-0.2, -0.15) is 10.5 Å². The first-order valence-corrected chi connectivity index (χ1v) is 6.71. The molecule has 0 radical (unpaired) electrons. The number of imidazole rings is 1. The molecule has 1 heterocycles. The van der Waals surface area contributed by atoms with E-state index in [0.717, 1.165) is 22.3 Å². The predicted octanol–water partition coefficient (Wildman–Crippen LogP) is 3.74. The van der Waals surface area contributed by atoms with Crippen molar-refractivity contribution in [1.82, 2.24) is 9.55 Å². The molecular formula is C16H10N4S. The molecule has 0 spiro atoms. The second-order valence-electron chi connectivity index (χ2n) is 4.69. The van der Waals surface area contributed by atoms with Crippen molar-refractivity contribution in [3.63, 3.8) is 0 Å². The summed E-state index contributed by atoms with van der Waals surface area (Å²) in [4.78, 5) is 3.19.